The van der Waals surface area contributed by atoms with Gasteiger partial charge in [0, 0.05) is 11.1 Å². The molecular formula is C21H15FN2O3S. The van der Waals surface area contributed by atoms with E-state index in [2.05, 4.69) is 4.98 Å². The summed E-state index contributed by atoms with van der Waals surface area (Å²) in [5, 5.41) is 10.8. The number of aromatic hydroxyl groups is 1. The fourth-order valence-electron chi connectivity index (χ4n) is 2.85. The maximum absolute atomic E-state index is 12.3. The smallest absolute Gasteiger partial charge is 0.279 e. The Morgan fingerprint density at radius 1 is 1.11 bits per heavy atom. The molecule has 0 bridgehead atoms. The van der Waals surface area contributed by atoms with Crippen LogP contribution >= 0.6 is 11.3 Å². The van der Waals surface area contributed by atoms with E-state index in [1.54, 1.807) is 24.3 Å². The minimum absolute atomic E-state index is 0.177. The van der Waals surface area contributed by atoms with Crippen molar-refractivity contribution < 1.29 is 19.1 Å². The average molecular weight is 394 g/mol. The summed E-state index contributed by atoms with van der Waals surface area (Å²) in [4.78, 5) is 16.0. The third-order valence-corrected chi connectivity index (χ3v) is 5.20. The van der Waals surface area contributed by atoms with Crippen LogP contribution in [0, 0.1) is 0 Å². The van der Waals surface area contributed by atoms with Gasteiger partial charge in [0.1, 0.15) is 23.1 Å². The second-order valence-corrected chi connectivity index (χ2v) is 7.16. The summed E-state index contributed by atoms with van der Waals surface area (Å²) in [6.45, 7) is 0.228. The maximum atomic E-state index is 12.3. The minimum atomic E-state index is -0.817. The van der Waals surface area contributed by atoms with Gasteiger partial charge in [-0.25, -0.2) is 4.98 Å². The van der Waals surface area contributed by atoms with Gasteiger partial charge in [0.15, 0.2) is 0 Å². The van der Waals surface area contributed by atoms with E-state index in [1.807, 2.05) is 30.3 Å². The van der Waals surface area contributed by atoms with Gasteiger partial charge in [0.2, 0.25) is 0 Å². The number of benzene rings is 3. The molecule has 0 radical (unpaired) electrons. The van der Waals surface area contributed by atoms with Gasteiger partial charge in [0.25, 0.3) is 5.91 Å². The van der Waals surface area contributed by atoms with Gasteiger partial charge in [-0.05, 0) is 42.0 Å². The number of rotatable bonds is 5. The van der Waals surface area contributed by atoms with Crippen LogP contribution < -0.4 is 10.3 Å². The van der Waals surface area contributed by atoms with Crippen molar-refractivity contribution in [1.82, 2.24) is 10.5 Å². The van der Waals surface area contributed by atoms with Crippen molar-refractivity contribution in [2.75, 3.05) is 0 Å². The van der Waals surface area contributed by atoms with Crippen molar-refractivity contribution in [3.63, 3.8) is 0 Å². The van der Waals surface area contributed by atoms with Crippen LogP contribution in [0.4, 0.5) is 4.48 Å². The predicted octanol–water partition coefficient (Wildman–Crippen LogP) is 4.86. The Morgan fingerprint density at radius 2 is 1.96 bits per heavy atom. The molecule has 0 atom stereocenters. The molecule has 2 N–H and O–H groups in total. The van der Waals surface area contributed by atoms with Crippen molar-refractivity contribution in [2.24, 2.45) is 0 Å². The molecule has 5 nitrogen and oxygen atoms in total. The van der Waals surface area contributed by atoms with Gasteiger partial charge in [-0.3, -0.25) is 4.79 Å². The third-order valence-electron chi connectivity index (χ3n) is 4.19. The first-order valence-electron chi connectivity index (χ1n) is 8.46. The van der Waals surface area contributed by atoms with E-state index in [-0.39, 0.29) is 17.9 Å². The molecule has 0 aliphatic rings. The zero-order valence-electron chi connectivity index (χ0n) is 14.6. The number of phenolic OH excluding ortho intramolecular Hbond substituents is 1. The van der Waals surface area contributed by atoms with E-state index >= 15 is 0 Å². The number of thiazole rings is 1. The first-order valence-corrected chi connectivity index (χ1v) is 9.27. The zero-order chi connectivity index (χ0) is 19.5. The number of hydrogen-bond acceptors (Lipinski definition) is 5. The molecule has 4 aromatic rings. The molecule has 0 saturated carbocycles. The van der Waals surface area contributed by atoms with Crippen LogP contribution in [-0.4, -0.2) is 16.0 Å². The number of fused-ring (bicyclic) bond motifs is 1. The maximum Gasteiger partial charge on any atom is 0.279 e. The van der Waals surface area contributed by atoms with E-state index in [9.17, 15) is 14.4 Å². The number of amides is 1. The normalized spacial score (nSPS) is 10.8. The molecule has 0 aliphatic heterocycles. The lowest BCUT2D eigenvalue weighted by Crippen LogP contribution is -2.13. The zero-order valence-corrected chi connectivity index (χ0v) is 15.4. The van der Waals surface area contributed by atoms with Gasteiger partial charge in [0.05, 0.1) is 10.2 Å². The number of phenols is 1. The van der Waals surface area contributed by atoms with E-state index in [4.69, 9.17) is 4.74 Å². The number of halogens is 1. The summed E-state index contributed by atoms with van der Waals surface area (Å²) < 4.78 is 19.0. The number of para-hydroxylation sites is 1. The largest absolute Gasteiger partial charge is 0.507 e. The molecule has 1 aromatic heterocycles. The van der Waals surface area contributed by atoms with Crippen LogP contribution in [0.15, 0.2) is 66.7 Å². The summed E-state index contributed by atoms with van der Waals surface area (Å²) in [7, 11) is 0. The molecule has 0 saturated heterocycles. The molecule has 1 amide bonds. The molecule has 4 rings (SSSR count). The predicted molar refractivity (Wildman–Crippen MR) is 106 cm³/mol. The van der Waals surface area contributed by atoms with Crippen molar-refractivity contribution in [3.05, 3.63) is 77.3 Å². The Labute approximate surface area is 164 Å². The second kappa shape index (κ2) is 7.66. The van der Waals surface area contributed by atoms with Crippen LogP contribution in [0.1, 0.15) is 15.4 Å². The quantitative estimate of drug-likeness (QED) is 0.474. The highest BCUT2D eigenvalue weighted by Crippen LogP contribution is 2.32. The number of hydrogen-bond donors (Lipinski definition) is 2. The lowest BCUT2D eigenvalue weighted by atomic mass is 10.0. The number of ether oxygens (including phenoxy) is 1. The molecule has 1 heterocycles. The molecule has 0 fully saturated rings. The fourth-order valence-corrected chi connectivity index (χ4v) is 3.71. The van der Waals surface area contributed by atoms with Crippen molar-refractivity contribution >= 4 is 27.5 Å². The Kier molecular flexibility index (Phi) is 4.90. The molecule has 0 unspecified atom stereocenters. The van der Waals surface area contributed by atoms with Crippen LogP contribution in [0.5, 0.6) is 11.5 Å². The van der Waals surface area contributed by atoms with Gasteiger partial charge in [-0.15, -0.1) is 11.3 Å². The summed E-state index contributed by atoms with van der Waals surface area (Å²) in [5.74, 6) is -0.143. The lowest BCUT2D eigenvalue weighted by Gasteiger charge is -2.05. The number of nitrogens with zero attached hydrogens (tertiary/aromatic N) is 1. The van der Waals surface area contributed by atoms with Crippen molar-refractivity contribution in [1.29, 1.82) is 0 Å². The highest BCUT2D eigenvalue weighted by atomic mass is 32.1. The monoisotopic (exact) mass is 394 g/mol. The van der Waals surface area contributed by atoms with Gasteiger partial charge < -0.3 is 9.84 Å². The molecule has 140 valence electrons. The third kappa shape index (κ3) is 3.65. The Hall–Kier alpha value is -3.45. The molecule has 3 aromatic carbocycles. The summed E-state index contributed by atoms with van der Waals surface area (Å²) >= 11 is 1.50. The Bertz CT molecular complexity index is 1160. The van der Waals surface area contributed by atoms with Gasteiger partial charge in [-0.2, -0.15) is 5.54 Å². The van der Waals surface area contributed by atoms with E-state index in [1.165, 1.54) is 23.5 Å². The van der Waals surface area contributed by atoms with Gasteiger partial charge in [-0.1, -0.05) is 34.8 Å². The van der Waals surface area contributed by atoms with E-state index in [0.717, 1.165) is 31.9 Å². The Morgan fingerprint density at radius 3 is 2.79 bits per heavy atom. The number of carbonyl (C=O) groups is 1. The highest BCUT2D eigenvalue weighted by Gasteiger charge is 2.10. The van der Waals surface area contributed by atoms with Crippen molar-refractivity contribution in [2.45, 2.75) is 6.61 Å². The minimum Gasteiger partial charge on any atom is -0.507 e. The summed E-state index contributed by atoms with van der Waals surface area (Å²) in [6.07, 6.45) is 0. The first kappa shape index (κ1) is 17.9. The van der Waals surface area contributed by atoms with Gasteiger partial charge >= 0.3 is 0 Å². The van der Waals surface area contributed by atoms with Crippen LogP contribution in [0.25, 0.3) is 21.3 Å². The Balaban J connectivity index is 1.54. The van der Waals surface area contributed by atoms with Crippen LogP contribution in [0.3, 0.4) is 0 Å². The second-order valence-electron chi connectivity index (χ2n) is 6.05. The van der Waals surface area contributed by atoms with E-state index in [0.29, 0.717) is 5.75 Å². The number of aromatic nitrogens is 1. The lowest BCUT2D eigenvalue weighted by molar-refractivity contribution is 0.0859. The van der Waals surface area contributed by atoms with Crippen LogP contribution in [0.2, 0.25) is 0 Å². The topological polar surface area (TPSA) is 71.5 Å². The summed E-state index contributed by atoms with van der Waals surface area (Å²) in [6, 6.07) is 19.3. The molecule has 28 heavy (non-hydrogen) atoms. The standard InChI is InChI=1S/C21H15FN2O3S/c22-24-21(26)14-4-3-5-15(10-14)27-12-20-23-17-11-13(8-9-19(17)28-20)16-6-1-2-7-18(16)25/h1-11,25H,12H2,(H,24,26). The summed E-state index contributed by atoms with van der Waals surface area (Å²) in [5.41, 5.74) is 3.72. The highest BCUT2D eigenvalue weighted by molar-refractivity contribution is 7.18. The number of carbonyl (C=O) groups excluding carboxylic acids is 1. The first-order chi connectivity index (χ1) is 13.6. The fraction of sp³-hybridized carbons (Fsp3) is 0.0476. The van der Waals surface area contributed by atoms with Crippen molar-refractivity contribution in [3.8, 4) is 22.6 Å². The van der Waals surface area contributed by atoms with E-state index < -0.39 is 5.91 Å². The molecule has 0 spiro atoms. The molecular weight excluding hydrogens is 379 g/mol. The number of nitrogens with one attached hydrogen (secondary N) is 1. The molecule has 0 aliphatic carbocycles. The average Bonchev–Trinajstić information content (AvgIpc) is 3.14. The molecule has 7 heteroatoms. The van der Waals surface area contributed by atoms with Crippen LogP contribution in [-0.2, 0) is 6.61 Å². The SMILES string of the molecule is O=C(NF)c1cccc(OCc2nc3cc(-c4ccccc4O)ccc3s2)c1.